The Kier molecular flexibility index (Phi) is 7.11. The van der Waals surface area contributed by atoms with Crippen LogP contribution in [0.2, 0.25) is 0 Å². The molecular formula is C24H26O. The molecular weight excluding hydrogens is 304 g/mol. The molecule has 0 atom stereocenters. The lowest BCUT2D eigenvalue weighted by molar-refractivity contribution is 0.405. The van der Waals surface area contributed by atoms with E-state index in [1.807, 2.05) is 12.2 Å². The van der Waals surface area contributed by atoms with E-state index in [1.165, 1.54) is 23.7 Å². The molecule has 0 radical (unpaired) electrons. The van der Waals surface area contributed by atoms with Crippen molar-refractivity contribution in [3.05, 3.63) is 94.8 Å². The van der Waals surface area contributed by atoms with Gasteiger partial charge in [0.25, 0.3) is 0 Å². The third kappa shape index (κ3) is 6.36. The fraction of sp³-hybridized carbons (Fsp3) is 0.250. The molecule has 0 heterocycles. The van der Waals surface area contributed by atoms with E-state index in [2.05, 4.69) is 87.7 Å². The molecule has 0 saturated heterocycles. The van der Waals surface area contributed by atoms with E-state index in [1.54, 1.807) is 0 Å². The lowest BCUT2D eigenvalue weighted by atomic mass is 10.0. The fourth-order valence-corrected chi connectivity index (χ4v) is 2.33. The van der Waals surface area contributed by atoms with E-state index in [0.717, 1.165) is 11.1 Å². The quantitative estimate of drug-likeness (QED) is 0.413. The van der Waals surface area contributed by atoms with Crippen molar-refractivity contribution >= 4 is 12.2 Å². The molecule has 0 aliphatic heterocycles. The summed E-state index contributed by atoms with van der Waals surface area (Å²) in [6.07, 6.45) is 6.84. The zero-order valence-corrected chi connectivity index (χ0v) is 15.5. The molecule has 0 aliphatic rings. The molecule has 128 valence electrons. The van der Waals surface area contributed by atoms with Gasteiger partial charge < -0.3 is 4.74 Å². The van der Waals surface area contributed by atoms with E-state index in [9.17, 15) is 0 Å². The summed E-state index contributed by atoms with van der Waals surface area (Å²) < 4.78 is 5.27. The highest BCUT2D eigenvalue weighted by Gasteiger charge is 1.97. The largest absolute Gasteiger partial charge is 0.456 e. The molecule has 0 unspecified atom stereocenters. The first-order valence-electron chi connectivity index (χ1n) is 8.73. The van der Waals surface area contributed by atoms with Crippen LogP contribution in [0.4, 0.5) is 0 Å². The molecule has 1 heteroatoms. The number of rotatable bonds is 6. The molecule has 25 heavy (non-hydrogen) atoms. The van der Waals surface area contributed by atoms with Gasteiger partial charge in [0.2, 0.25) is 0 Å². The van der Waals surface area contributed by atoms with Crippen molar-refractivity contribution in [2.24, 2.45) is 0 Å². The van der Waals surface area contributed by atoms with Gasteiger partial charge in [0.15, 0.2) is 0 Å². The Bertz CT molecular complexity index is 707. The highest BCUT2D eigenvalue weighted by molar-refractivity contribution is 5.50. The molecule has 2 rings (SSSR count). The van der Waals surface area contributed by atoms with Crippen molar-refractivity contribution in [2.45, 2.75) is 39.5 Å². The van der Waals surface area contributed by atoms with Gasteiger partial charge in [-0.25, -0.2) is 0 Å². The van der Waals surface area contributed by atoms with Gasteiger partial charge in [-0.05, 0) is 46.2 Å². The van der Waals surface area contributed by atoms with Gasteiger partial charge in [-0.15, -0.1) is 0 Å². The van der Waals surface area contributed by atoms with Crippen LogP contribution >= 0.6 is 0 Å². The fourth-order valence-electron chi connectivity index (χ4n) is 2.33. The molecule has 1 nitrogen and oxygen atoms in total. The van der Waals surface area contributed by atoms with Gasteiger partial charge in [0, 0.05) is 0 Å². The number of hydrogen-bond donors (Lipinski definition) is 0. The zero-order chi connectivity index (χ0) is 18.1. The lowest BCUT2D eigenvalue weighted by Crippen LogP contribution is -1.85. The Morgan fingerprint density at radius 1 is 0.640 bits per heavy atom. The van der Waals surface area contributed by atoms with Crippen LogP contribution in [-0.2, 0) is 4.74 Å². The van der Waals surface area contributed by atoms with Crippen molar-refractivity contribution in [3.8, 4) is 0 Å². The van der Waals surface area contributed by atoms with Crippen molar-refractivity contribution in [1.29, 1.82) is 0 Å². The summed E-state index contributed by atoms with van der Waals surface area (Å²) in [5, 5.41) is 0. The minimum absolute atomic E-state index is 0.551. The number of hydrogen-bond acceptors (Lipinski definition) is 1. The van der Waals surface area contributed by atoms with Gasteiger partial charge >= 0.3 is 0 Å². The highest BCUT2D eigenvalue weighted by atomic mass is 16.5. The summed E-state index contributed by atoms with van der Waals surface area (Å²) in [4.78, 5) is 0. The average molecular weight is 330 g/mol. The second-order valence-electron chi connectivity index (χ2n) is 6.64. The maximum atomic E-state index is 5.27. The third-order valence-corrected chi connectivity index (χ3v) is 3.98. The topological polar surface area (TPSA) is 9.23 Å². The van der Waals surface area contributed by atoms with E-state index >= 15 is 0 Å². The zero-order valence-electron chi connectivity index (χ0n) is 15.5. The molecule has 0 aliphatic carbocycles. The van der Waals surface area contributed by atoms with Crippen molar-refractivity contribution in [3.63, 3.8) is 0 Å². The van der Waals surface area contributed by atoms with Crippen molar-refractivity contribution in [1.82, 2.24) is 0 Å². The summed E-state index contributed by atoms with van der Waals surface area (Å²) >= 11 is 0. The number of benzene rings is 2. The average Bonchev–Trinajstić information content (AvgIpc) is 2.61. The summed E-state index contributed by atoms with van der Waals surface area (Å²) in [6, 6.07) is 16.9. The molecule has 0 fully saturated rings. The molecule has 0 amide bonds. The monoisotopic (exact) mass is 330 g/mol. The minimum Gasteiger partial charge on any atom is -0.456 e. The van der Waals surface area contributed by atoms with Gasteiger partial charge in [0.05, 0.1) is 0 Å². The van der Waals surface area contributed by atoms with Crippen LogP contribution in [0.25, 0.3) is 12.2 Å². The second-order valence-corrected chi connectivity index (χ2v) is 6.64. The smallest absolute Gasteiger partial charge is 0.133 e. The van der Waals surface area contributed by atoms with E-state index in [0.29, 0.717) is 11.8 Å². The van der Waals surface area contributed by atoms with E-state index in [4.69, 9.17) is 4.74 Å². The summed E-state index contributed by atoms with van der Waals surface area (Å²) in [5.74, 6) is 1.10. The van der Waals surface area contributed by atoms with Gasteiger partial charge in [-0.1, -0.05) is 87.7 Å². The Labute approximate surface area is 151 Å². The van der Waals surface area contributed by atoms with Gasteiger partial charge in [-0.3, -0.25) is 0 Å². The van der Waals surface area contributed by atoms with E-state index in [-0.39, 0.29) is 0 Å². The predicted octanol–water partition coefficient (Wildman–Crippen LogP) is 6.90. The maximum Gasteiger partial charge on any atom is 0.133 e. The maximum absolute atomic E-state index is 5.27. The predicted molar refractivity (Wildman–Crippen MR) is 107 cm³/mol. The Hall–Kier alpha value is -2.72. The Morgan fingerprint density at radius 2 is 1.00 bits per heavy atom. The van der Waals surface area contributed by atoms with Crippen LogP contribution in [-0.4, -0.2) is 0 Å². The summed E-state index contributed by atoms with van der Waals surface area (Å²) in [6.45, 7) is 8.77. The van der Waals surface area contributed by atoms with Crippen LogP contribution in [0.15, 0.2) is 72.5 Å². The van der Waals surface area contributed by atoms with E-state index < -0.39 is 0 Å². The van der Waals surface area contributed by atoms with Crippen LogP contribution in [0.5, 0.6) is 0 Å². The second kappa shape index (κ2) is 9.55. The van der Waals surface area contributed by atoms with Crippen LogP contribution in [0.3, 0.4) is 0 Å². The number of ether oxygens (including phenoxy) is 1. The van der Waals surface area contributed by atoms with Crippen LogP contribution in [0.1, 0.15) is 61.8 Å². The first-order valence-corrected chi connectivity index (χ1v) is 8.73. The molecule has 0 spiro atoms. The SMILES string of the molecule is CC(C)c1ccc(C=C=COC=C=Cc2ccc(C(C)C)cc2)cc1. The van der Waals surface area contributed by atoms with Crippen LogP contribution < -0.4 is 0 Å². The Morgan fingerprint density at radius 3 is 1.32 bits per heavy atom. The molecule has 0 aromatic heterocycles. The van der Waals surface area contributed by atoms with Crippen LogP contribution in [0, 0.1) is 0 Å². The molecule has 0 bridgehead atoms. The Balaban J connectivity index is 1.88. The summed E-state index contributed by atoms with van der Waals surface area (Å²) in [7, 11) is 0. The van der Waals surface area contributed by atoms with Crippen molar-refractivity contribution < 1.29 is 4.74 Å². The standard InChI is InChI=1S/C24H26O/c1-19(2)23-13-9-21(10-14-23)7-5-17-25-18-6-8-22-11-15-24(16-12-22)20(3)4/h7-20H,1-4H3. The first kappa shape index (κ1) is 18.6. The summed E-state index contributed by atoms with van der Waals surface area (Å²) in [5.41, 5.74) is 10.9. The van der Waals surface area contributed by atoms with Gasteiger partial charge in [0.1, 0.15) is 12.5 Å². The van der Waals surface area contributed by atoms with Crippen molar-refractivity contribution in [2.75, 3.05) is 0 Å². The molecule has 2 aromatic rings. The molecule has 0 saturated carbocycles. The van der Waals surface area contributed by atoms with Gasteiger partial charge in [-0.2, -0.15) is 0 Å². The highest BCUT2D eigenvalue weighted by Crippen LogP contribution is 2.16. The molecule has 0 N–H and O–H groups in total. The third-order valence-electron chi connectivity index (χ3n) is 3.98. The minimum atomic E-state index is 0.551. The normalized spacial score (nSPS) is 10.0. The lowest BCUT2D eigenvalue weighted by Gasteiger charge is -2.04. The first-order chi connectivity index (χ1) is 12.1. The molecule has 2 aromatic carbocycles.